The van der Waals surface area contributed by atoms with Crippen molar-refractivity contribution in [3.63, 3.8) is 0 Å². The molecule has 3 rings (SSSR count). The SMILES string of the molecule is CS(=O)(=O)c1ccc2c(c1)N(S(=O)(=O)c1ccc(Cl)c(C(F)(F)F)c1)CCC2. The van der Waals surface area contributed by atoms with Gasteiger partial charge >= 0.3 is 6.18 Å². The van der Waals surface area contributed by atoms with Crippen LogP contribution in [0.25, 0.3) is 0 Å². The Labute approximate surface area is 165 Å². The van der Waals surface area contributed by atoms with Crippen molar-refractivity contribution in [2.45, 2.75) is 28.8 Å². The van der Waals surface area contributed by atoms with Gasteiger partial charge in [-0.3, -0.25) is 4.31 Å². The van der Waals surface area contributed by atoms with Crippen molar-refractivity contribution in [3.05, 3.63) is 52.5 Å². The highest BCUT2D eigenvalue weighted by molar-refractivity contribution is 7.93. The minimum Gasteiger partial charge on any atom is -0.266 e. The molecule has 0 fully saturated rings. The van der Waals surface area contributed by atoms with Gasteiger partial charge in [0.1, 0.15) is 0 Å². The van der Waals surface area contributed by atoms with Gasteiger partial charge in [0.25, 0.3) is 10.0 Å². The Hall–Kier alpha value is -1.78. The van der Waals surface area contributed by atoms with Crippen LogP contribution in [0.2, 0.25) is 5.02 Å². The number of benzene rings is 2. The van der Waals surface area contributed by atoms with E-state index in [9.17, 15) is 30.0 Å². The number of alkyl halides is 3. The highest BCUT2D eigenvalue weighted by Gasteiger charge is 2.36. The smallest absolute Gasteiger partial charge is 0.266 e. The molecule has 0 amide bonds. The van der Waals surface area contributed by atoms with Crippen molar-refractivity contribution < 1.29 is 30.0 Å². The van der Waals surface area contributed by atoms with Crippen molar-refractivity contribution >= 4 is 37.1 Å². The van der Waals surface area contributed by atoms with Crippen LogP contribution in [0.15, 0.2) is 46.2 Å². The Bertz CT molecular complexity index is 1150. The summed E-state index contributed by atoms with van der Waals surface area (Å²) in [5, 5.41) is -0.607. The van der Waals surface area contributed by atoms with Gasteiger partial charge in [-0.05, 0) is 48.7 Å². The van der Waals surface area contributed by atoms with Gasteiger partial charge in [-0.25, -0.2) is 16.8 Å². The molecule has 152 valence electrons. The first-order chi connectivity index (χ1) is 12.8. The van der Waals surface area contributed by atoms with Gasteiger partial charge in [-0.2, -0.15) is 13.2 Å². The zero-order valence-electron chi connectivity index (χ0n) is 14.5. The molecular formula is C17H15ClF3NO4S2. The summed E-state index contributed by atoms with van der Waals surface area (Å²) < 4.78 is 90.1. The van der Waals surface area contributed by atoms with Crippen molar-refractivity contribution in [1.29, 1.82) is 0 Å². The summed E-state index contributed by atoms with van der Waals surface area (Å²) in [4.78, 5) is -0.637. The number of sulfone groups is 1. The zero-order valence-corrected chi connectivity index (χ0v) is 16.9. The summed E-state index contributed by atoms with van der Waals surface area (Å²) in [6.45, 7) is 0.0204. The number of rotatable bonds is 3. The van der Waals surface area contributed by atoms with Crippen molar-refractivity contribution in [2.24, 2.45) is 0 Å². The molecule has 0 atom stereocenters. The number of sulfonamides is 1. The number of hydrogen-bond acceptors (Lipinski definition) is 4. The molecule has 0 spiro atoms. The van der Waals surface area contributed by atoms with E-state index in [-0.39, 0.29) is 17.1 Å². The maximum absolute atomic E-state index is 13.1. The Morgan fingerprint density at radius 1 is 1.00 bits per heavy atom. The maximum Gasteiger partial charge on any atom is 0.417 e. The van der Waals surface area contributed by atoms with Gasteiger partial charge in [0.15, 0.2) is 9.84 Å². The Balaban J connectivity index is 2.15. The molecule has 0 unspecified atom stereocenters. The maximum atomic E-state index is 13.1. The first-order valence-corrected chi connectivity index (χ1v) is 11.8. The van der Waals surface area contributed by atoms with Crippen LogP contribution >= 0.6 is 11.6 Å². The largest absolute Gasteiger partial charge is 0.417 e. The number of hydrogen-bond donors (Lipinski definition) is 0. The third-order valence-corrected chi connectivity index (χ3v) is 7.64. The molecule has 0 radical (unpaired) electrons. The van der Waals surface area contributed by atoms with Gasteiger partial charge < -0.3 is 0 Å². The van der Waals surface area contributed by atoms with Gasteiger partial charge in [0.05, 0.1) is 26.1 Å². The molecule has 1 aliphatic heterocycles. The highest BCUT2D eigenvalue weighted by atomic mass is 35.5. The molecule has 1 aliphatic rings. The molecule has 2 aromatic carbocycles. The van der Waals surface area contributed by atoms with Crippen molar-refractivity contribution in [3.8, 4) is 0 Å². The molecule has 0 saturated carbocycles. The van der Waals surface area contributed by atoms with Crippen LogP contribution in [0.4, 0.5) is 18.9 Å². The summed E-state index contributed by atoms with van der Waals surface area (Å²) >= 11 is 5.57. The molecule has 28 heavy (non-hydrogen) atoms. The lowest BCUT2D eigenvalue weighted by molar-refractivity contribution is -0.137. The van der Waals surface area contributed by atoms with Crippen molar-refractivity contribution in [2.75, 3.05) is 17.1 Å². The highest BCUT2D eigenvalue weighted by Crippen LogP contribution is 2.38. The second-order valence-corrected chi connectivity index (χ2v) is 10.7. The Morgan fingerprint density at radius 3 is 2.25 bits per heavy atom. The summed E-state index contributed by atoms with van der Waals surface area (Å²) in [7, 11) is -7.95. The molecule has 0 aliphatic carbocycles. The standard InChI is InChI=1S/C17H15ClF3NO4S2/c1-27(23,24)12-5-4-11-3-2-8-22(16(11)10-12)28(25,26)13-6-7-15(18)14(9-13)17(19,20)21/h4-7,9-10H,2-3,8H2,1H3. The van der Waals surface area contributed by atoms with E-state index in [1.54, 1.807) is 0 Å². The fraction of sp³-hybridized carbons (Fsp3) is 0.294. The fourth-order valence-electron chi connectivity index (χ4n) is 3.01. The molecule has 0 bridgehead atoms. The first kappa shape index (κ1) is 20.9. The predicted octanol–water partition coefficient (Wildman–Crippen LogP) is 3.90. The van der Waals surface area contributed by atoms with Gasteiger partial charge in [-0.15, -0.1) is 0 Å². The van der Waals surface area contributed by atoms with E-state index in [2.05, 4.69) is 0 Å². The number of halogens is 4. The van der Waals surface area contributed by atoms with Crippen molar-refractivity contribution in [1.82, 2.24) is 0 Å². The quantitative estimate of drug-likeness (QED) is 0.706. The monoisotopic (exact) mass is 453 g/mol. The van der Waals surface area contributed by atoms with E-state index in [0.717, 1.165) is 22.7 Å². The van der Waals surface area contributed by atoms with Gasteiger partial charge in [0, 0.05) is 12.8 Å². The van der Waals surface area contributed by atoms with Crippen LogP contribution < -0.4 is 4.31 Å². The number of fused-ring (bicyclic) bond motifs is 1. The molecule has 2 aromatic rings. The Kier molecular flexibility index (Phi) is 5.18. The predicted molar refractivity (Wildman–Crippen MR) is 98.9 cm³/mol. The topological polar surface area (TPSA) is 71.5 Å². The van der Waals surface area contributed by atoms with Crippen LogP contribution in [0.1, 0.15) is 17.5 Å². The first-order valence-electron chi connectivity index (χ1n) is 8.04. The minimum atomic E-state index is -4.81. The fourth-order valence-corrected chi connectivity index (χ4v) is 5.44. The normalized spacial score (nSPS) is 15.4. The summed E-state index contributed by atoms with van der Waals surface area (Å²) in [6, 6.07) is 6.52. The molecule has 0 aromatic heterocycles. The second-order valence-electron chi connectivity index (χ2n) is 6.38. The molecule has 1 heterocycles. The number of nitrogens with zero attached hydrogens (tertiary/aromatic N) is 1. The average molecular weight is 454 g/mol. The van der Waals surface area contributed by atoms with E-state index in [0.29, 0.717) is 24.5 Å². The average Bonchev–Trinajstić information content (AvgIpc) is 2.59. The van der Waals surface area contributed by atoms with E-state index >= 15 is 0 Å². The third kappa shape index (κ3) is 3.85. The lowest BCUT2D eigenvalue weighted by Crippen LogP contribution is -2.35. The van der Waals surface area contributed by atoms with Crippen LogP contribution in [-0.2, 0) is 32.5 Å². The molecular weight excluding hydrogens is 439 g/mol. The number of anilines is 1. The van der Waals surface area contributed by atoms with Crippen LogP contribution in [0.5, 0.6) is 0 Å². The van der Waals surface area contributed by atoms with E-state index < -0.39 is 41.5 Å². The molecule has 0 N–H and O–H groups in total. The molecule has 0 saturated heterocycles. The number of aryl methyl sites for hydroxylation is 1. The third-order valence-electron chi connectivity index (χ3n) is 4.39. The lowest BCUT2D eigenvalue weighted by atomic mass is 10.0. The van der Waals surface area contributed by atoms with E-state index in [4.69, 9.17) is 11.6 Å². The van der Waals surface area contributed by atoms with Crippen LogP contribution in [0, 0.1) is 0 Å². The molecule has 11 heteroatoms. The lowest BCUT2D eigenvalue weighted by Gasteiger charge is -2.31. The Morgan fingerprint density at radius 2 is 1.64 bits per heavy atom. The second kappa shape index (κ2) is 6.93. The van der Waals surface area contributed by atoms with Gasteiger partial charge in [0.2, 0.25) is 0 Å². The zero-order chi connectivity index (χ0) is 20.9. The summed E-state index contributed by atoms with van der Waals surface area (Å²) in [5.41, 5.74) is -0.498. The van der Waals surface area contributed by atoms with Crippen LogP contribution in [0.3, 0.4) is 0 Å². The van der Waals surface area contributed by atoms with E-state index in [1.807, 2.05) is 0 Å². The summed E-state index contributed by atoms with van der Waals surface area (Å²) in [6.07, 6.45) is -2.85. The van der Waals surface area contributed by atoms with Crippen LogP contribution in [-0.4, -0.2) is 29.6 Å². The summed E-state index contributed by atoms with van der Waals surface area (Å²) in [5.74, 6) is 0. The van der Waals surface area contributed by atoms with E-state index in [1.165, 1.54) is 18.2 Å². The van der Waals surface area contributed by atoms with Gasteiger partial charge in [-0.1, -0.05) is 17.7 Å². The molecule has 5 nitrogen and oxygen atoms in total. The minimum absolute atomic E-state index is 0.0204.